The maximum absolute atomic E-state index is 5.47. The van der Waals surface area contributed by atoms with E-state index in [-0.39, 0.29) is 0 Å². The average molecular weight is 202 g/mol. The molecule has 3 nitrogen and oxygen atoms in total. The van der Waals surface area contributed by atoms with Crippen LogP contribution in [0.3, 0.4) is 0 Å². The van der Waals surface area contributed by atoms with Crippen LogP contribution in [0.25, 0.3) is 10.9 Å². The molecule has 2 rings (SSSR count). The lowest BCUT2D eigenvalue weighted by molar-refractivity contribution is 0.329. The van der Waals surface area contributed by atoms with Gasteiger partial charge in [-0.1, -0.05) is 0 Å². The number of benzene rings is 1. The Bertz CT molecular complexity index is 468. The Morgan fingerprint density at radius 1 is 1.33 bits per heavy atom. The summed E-state index contributed by atoms with van der Waals surface area (Å²) >= 11 is 0. The Morgan fingerprint density at radius 3 is 3.00 bits per heavy atom. The summed E-state index contributed by atoms with van der Waals surface area (Å²) in [6.45, 7) is 3.14. The fourth-order valence-electron chi connectivity index (χ4n) is 1.53. The third-order valence-electron chi connectivity index (χ3n) is 2.32. The Kier molecular flexibility index (Phi) is 2.83. The van der Waals surface area contributed by atoms with Gasteiger partial charge in [0.25, 0.3) is 0 Å². The van der Waals surface area contributed by atoms with Crippen LogP contribution in [-0.2, 0) is 0 Å². The molecule has 2 N–H and O–H groups in total. The predicted octanol–water partition coefficient (Wildman–Crippen LogP) is 1.88. The fourth-order valence-corrected chi connectivity index (χ4v) is 1.53. The van der Waals surface area contributed by atoms with Crippen LogP contribution >= 0.6 is 0 Å². The molecule has 0 unspecified atom stereocenters. The van der Waals surface area contributed by atoms with Crippen LogP contribution in [0.4, 0.5) is 0 Å². The molecule has 1 heterocycles. The smallest absolute Gasteiger partial charge is 0.120 e. The number of nitrogens with zero attached hydrogens (tertiary/aromatic N) is 1. The first-order valence-electron chi connectivity index (χ1n) is 4.99. The molecule has 1 aromatic heterocycles. The second kappa shape index (κ2) is 4.28. The minimum Gasteiger partial charge on any atom is -0.492 e. The maximum atomic E-state index is 5.47. The molecule has 0 amide bonds. The summed E-state index contributed by atoms with van der Waals surface area (Å²) in [5.74, 6) is 0.851. The minimum absolute atomic E-state index is 0.532. The van der Waals surface area contributed by atoms with E-state index in [1.165, 1.54) is 5.56 Å². The van der Waals surface area contributed by atoms with Crippen molar-refractivity contribution >= 4 is 10.9 Å². The summed E-state index contributed by atoms with van der Waals surface area (Å²) in [6, 6.07) is 7.89. The first-order chi connectivity index (χ1) is 7.31. The molecule has 1 aromatic carbocycles. The summed E-state index contributed by atoms with van der Waals surface area (Å²) < 4.78 is 5.47. The van der Waals surface area contributed by atoms with Crippen molar-refractivity contribution in [2.24, 2.45) is 5.73 Å². The van der Waals surface area contributed by atoms with Gasteiger partial charge in [-0.05, 0) is 36.8 Å². The number of aromatic nitrogens is 1. The number of hydrogen-bond donors (Lipinski definition) is 1. The zero-order valence-corrected chi connectivity index (χ0v) is 8.73. The maximum Gasteiger partial charge on any atom is 0.120 e. The number of aryl methyl sites for hydroxylation is 1. The van der Waals surface area contributed by atoms with Crippen molar-refractivity contribution in [2.75, 3.05) is 13.2 Å². The molecule has 2 aromatic rings. The topological polar surface area (TPSA) is 48.1 Å². The van der Waals surface area contributed by atoms with Gasteiger partial charge in [-0.3, -0.25) is 4.98 Å². The van der Waals surface area contributed by atoms with Gasteiger partial charge in [-0.15, -0.1) is 0 Å². The van der Waals surface area contributed by atoms with E-state index in [1.54, 1.807) is 0 Å². The second-order valence-electron chi connectivity index (χ2n) is 3.44. The van der Waals surface area contributed by atoms with E-state index in [1.807, 2.05) is 30.5 Å². The summed E-state index contributed by atoms with van der Waals surface area (Å²) in [7, 11) is 0. The van der Waals surface area contributed by atoms with Crippen LogP contribution in [0, 0.1) is 6.92 Å². The van der Waals surface area contributed by atoms with Crippen LogP contribution < -0.4 is 10.5 Å². The van der Waals surface area contributed by atoms with Crippen LogP contribution in [0.2, 0.25) is 0 Å². The van der Waals surface area contributed by atoms with E-state index in [9.17, 15) is 0 Å². The predicted molar refractivity (Wildman–Crippen MR) is 61.0 cm³/mol. The zero-order chi connectivity index (χ0) is 10.7. The van der Waals surface area contributed by atoms with Gasteiger partial charge < -0.3 is 10.5 Å². The summed E-state index contributed by atoms with van der Waals surface area (Å²) in [5.41, 5.74) is 7.58. The molecule has 0 saturated heterocycles. The number of fused-ring (bicyclic) bond motifs is 1. The van der Waals surface area contributed by atoms with E-state index in [0.717, 1.165) is 16.7 Å². The molecule has 0 saturated carbocycles. The Balaban J connectivity index is 2.41. The Hall–Kier alpha value is -1.61. The van der Waals surface area contributed by atoms with Crippen molar-refractivity contribution in [3.8, 4) is 5.75 Å². The first-order valence-corrected chi connectivity index (χ1v) is 4.99. The van der Waals surface area contributed by atoms with Gasteiger partial charge >= 0.3 is 0 Å². The van der Waals surface area contributed by atoms with Gasteiger partial charge in [0.1, 0.15) is 12.4 Å². The van der Waals surface area contributed by atoms with Gasteiger partial charge in [0.15, 0.2) is 0 Å². The third-order valence-corrected chi connectivity index (χ3v) is 2.32. The lowest BCUT2D eigenvalue weighted by atomic mass is 10.1. The van der Waals surface area contributed by atoms with E-state index in [0.29, 0.717) is 13.2 Å². The average Bonchev–Trinajstić information content (AvgIpc) is 2.27. The van der Waals surface area contributed by atoms with Gasteiger partial charge in [0.05, 0.1) is 5.52 Å². The molecular formula is C12H14N2O. The van der Waals surface area contributed by atoms with E-state index in [4.69, 9.17) is 10.5 Å². The monoisotopic (exact) mass is 202 g/mol. The molecule has 0 aliphatic carbocycles. The van der Waals surface area contributed by atoms with Gasteiger partial charge in [-0.2, -0.15) is 0 Å². The first kappa shape index (κ1) is 9.93. The highest BCUT2D eigenvalue weighted by Crippen LogP contribution is 2.21. The molecule has 0 spiro atoms. The summed E-state index contributed by atoms with van der Waals surface area (Å²) in [6.07, 6.45) is 1.82. The molecule has 15 heavy (non-hydrogen) atoms. The van der Waals surface area contributed by atoms with Gasteiger partial charge in [0, 0.05) is 18.1 Å². The standard InChI is InChI=1S/C12H14N2O/c1-9-4-6-14-12-3-2-10(8-11(9)12)15-7-5-13/h2-4,6,8H,5,7,13H2,1H3. The second-order valence-corrected chi connectivity index (χ2v) is 3.44. The summed E-state index contributed by atoms with van der Waals surface area (Å²) in [4.78, 5) is 4.28. The zero-order valence-electron chi connectivity index (χ0n) is 8.73. The molecule has 78 valence electrons. The number of rotatable bonds is 3. The van der Waals surface area contributed by atoms with E-state index >= 15 is 0 Å². The van der Waals surface area contributed by atoms with Crippen molar-refractivity contribution in [2.45, 2.75) is 6.92 Å². The third kappa shape index (κ3) is 2.07. The largest absolute Gasteiger partial charge is 0.492 e. The van der Waals surface area contributed by atoms with Crippen LogP contribution in [-0.4, -0.2) is 18.1 Å². The molecule has 0 bridgehead atoms. The molecule has 0 fully saturated rings. The number of nitrogens with two attached hydrogens (primary N) is 1. The van der Waals surface area contributed by atoms with E-state index < -0.39 is 0 Å². The van der Waals surface area contributed by atoms with Crippen LogP contribution in [0.1, 0.15) is 5.56 Å². The highest BCUT2D eigenvalue weighted by molar-refractivity contribution is 5.83. The van der Waals surface area contributed by atoms with Crippen molar-refractivity contribution in [3.63, 3.8) is 0 Å². The van der Waals surface area contributed by atoms with Crippen molar-refractivity contribution in [1.82, 2.24) is 4.98 Å². The molecule has 0 aliphatic heterocycles. The SMILES string of the molecule is Cc1ccnc2ccc(OCCN)cc12. The van der Waals surface area contributed by atoms with Crippen LogP contribution in [0.15, 0.2) is 30.5 Å². The number of pyridine rings is 1. The lowest BCUT2D eigenvalue weighted by Crippen LogP contribution is -2.10. The molecule has 0 atom stereocenters. The highest BCUT2D eigenvalue weighted by Gasteiger charge is 2.00. The van der Waals surface area contributed by atoms with E-state index in [2.05, 4.69) is 11.9 Å². The normalized spacial score (nSPS) is 10.5. The van der Waals surface area contributed by atoms with Gasteiger partial charge in [0.2, 0.25) is 0 Å². The lowest BCUT2D eigenvalue weighted by Gasteiger charge is -2.06. The summed E-state index contributed by atoms with van der Waals surface area (Å²) in [5, 5.41) is 1.13. The molecular weight excluding hydrogens is 188 g/mol. The molecule has 3 heteroatoms. The van der Waals surface area contributed by atoms with Crippen molar-refractivity contribution in [3.05, 3.63) is 36.0 Å². The Morgan fingerprint density at radius 2 is 2.20 bits per heavy atom. The number of ether oxygens (including phenoxy) is 1. The Labute approximate surface area is 88.9 Å². The minimum atomic E-state index is 0.532. The molecule has 0 radical (unpaired) electrons. The molecule has 0 aliphatic rings. The van der Waals surface area contributed by atoms with Crippen molar-refractivity contribution < 1.29 is 4.74 Å². The van der Waals surface area contributed by atoms with Crippen molar-refractivity contribution in [1.29, 1.82) is 0 Å². The number of hydrogen-bond acceptors (Lipinski definition) is 3. The van der Waals surface area contributed by atoms with Crippen LogP contribution in [0.5, 0.6) is 5.75 Å². The quantitative estimate of drug-likeness (QED) is 0.826. The fraction of sp³-hybridized carbons (Fsp3) is 0.250. The van der Waals surface area contributed by atoms with Gasteiger partial charge in [-0.25, -0.2) is 0 Å². The highest BCUT2D eigenvalue weighted by atomic mass is 16.5.